The summed E-state index contributed by atoms with van der Waals surface area (Å²) in [5.74, 6) is 0.213. The van der Waals surface area contributed by atoms with Crippen molar-refractivity contribution in [3.05, 3.63) is 39.4 Å². The summed E-state index contributed by atoms with van der Waals surface area (Å²) in [6.07, 6.45) is -0.371. The van der Waals surface area contributed by atoms with Gasteiger partial charge in [-0.15, -0.1) is 0 Å². The molecule has 1 aromatic rings. The highest BCUT2D eigenvalue weighted by Crippen LogP contribution is 2.28. The number of thiol groups is 1. The molecule has 16 heavy (non-hydrogen) atoms. The summed E-state index contributed by atoms with van der Waals surface area (Å²) in [4.78, 5) is 10.4. The molecule has 0 aliphatic carbocycles. The van der Waals surface area contributed by atoms with E-state index in [1.165, 1.54) is 6.07 Å². The highest BCUT2D eigenvalue weighted by Gasteiger charge is 2.19. The first-order valence-electron chi connectivity index (χ1n) is 4.80. The molecule has 0 fully saturated rings. The van der Waals surface area contributed by atoms with Crippen molar-refractivity contribution in [1.82, 2.24) is 0 Å². The molecule has 1 rings (SSSR count). The van der Waals surface area contributed by atoms with Crippen LogP contribution < -0.4 is 5.73 Å². The Bertz CT molecular complexity index is 384. The molecule has 1 atom stereocenters. The van der Waals surface area contributed by atoms with E-state index in [9.17, 15) is 10.1 Å². The van der Waals surface area contributed by atoms with Gasteiger partial charge < -0.3 is 10.5 Å². The van der Waals surface area contributed by atoms with Crippen LogP contribution in [0, 0.1) is 10.1 Å². The van der Waals surface area contributed by atoms with Crippen LogP contribution in [0.2, 0.25) is 0 Å². The summed E-state index contributed by atoms with van der Waals surface area (Å²) in [6, 6.07) is 4.80. The Hall–Kier alpha value is -1.11. The van der Waals surface area contributed by atoms with E-state index in [4.69, 9.17) is 10.5 Å². The maximum atomic E-state index is 10.8. The molecule has 0 radical (unpaired) electrons. The monoisotopic (exact) mass is 242 g/mol. The number of hydrogen-bond donors (Lipinski definition) is 2. The average molecular weight is 242 g/mol. The SMILES string of the molecule is CC(OCS)c1cc(CN)ccc1[N+](=O)[O-]. The van der Waals surface area contributed by atoms with Gasteiger partial charge >= 0.3 is 0 Å². The Morgan fingerprint density at radius 1 is 1.62 bits per heavy atom. The van der Waals surface area contributed by atoms with Gasteiger partial charge in [0.25, 0.3) is 5.69 Å². The normalized spacial score (nSPS) is 12.4. The Morgan fingerprint density at radius 3 is 2.81 bits per heavy atom. The van der Waals surface area contributed by atoms with E-state index in [-0.39, 0.29) is 17.7 Å². The number of ether oxygens (including phenoxy) is 1. The van der Waals surface area contributed by atoms with Gasteiger partial charge in [-0.25, -0.2) is 0 Å². The van der Waals surface area contributed by atoms with Crippen LogP contribution in [-0.2, 0) is 11.3 Å². The fourth-order valence-electron chi connectivity index (χ4n) is 1.42. The molecule has 5 nitrogen and oxygen atoms in total. The van der Waals surface area contributed by atoms with Gasteiger partial charge in [-0.2, -0.15) is 12.6 Å². The highest BCUT2D eigenvalue weighted by molar-refractivity contribution is 7.80. The van der Waals surface area contributed by atoms with E-state index in [1.807, 2.05) is 0 Å². The second kappa shape index (κ2) is 5.83. The molecular formula is C10H14N2O3S. The van der Waals surface area contributed by atoms with Crippen LogP contribution in [0.25, 0.3) is 0 Å². The zero-order valence-corrected chi connectivity index (χ0v) is 9.81. The molecule has 0 amide bonds. The molecule has 0 aliphatic rings. The molecule has 0 bridgehead atoms. The standard InChI is InChI=1S/C10H14N2O3S/c1-7(15-6-16)9-4-8(5-11)2-3-10(9)12(13)14/h2-4,7,16H,5-6,11H2,1H3. The molecule has 0 aromatic heterocycles. The van der Waals surface area contributed by atoms with Crippen molar-refractivity contribution < 1.29 is 9.66 Å². The lowest BCUT2D eigenvalue weighted by atomic mass is 10.0. The van der Waals surface area contributed by atoms with Crippen molar-refractivity contribution in [3.8, 4) is 0 Å². The molecule has 0 saturated carbocycles. The Kier molecular flexibility index (Phi) is 4.72. The zero-order chi connectivity index (χ0) is 12.1. The second-order valence-electron chi connectivity index (χ2n) is 3.29. The maximum absolute atomic E-state index is 10.8. The van der Waals surface area contributed by atoms with E-state index in [2.05, 4.69) is 12.6 Å². The fraction of sp³-hybridized carbons (Fsp3) is 0.400. The van der Waals surface area contributed by atoms with E-state index < -0.39 is 4.92 Å². The summed E-state index contributed by atoms with van der Waals surface area (Å²) >= 11 is 3.93. The van der Waals surface area contributed by atoms with Gasteiger partial charge in [-0.1, -0.05) is 6.07 Å². The third-order valence-electron chi connectivity index (χ3n) is 2.29. The van der Waals surface area contributed by atoms with E-state index in [1.54, 1.807) is 19.1 Å². The number of nitro groups is 1. The quantitative estimate of drug-likeness (QED) is 0.358. The van der Waals surface area contributed by atoms with Crippen molar-refractivity contribution in [2.45, 2.75) is 19.6 Å². The number of benzene rings is 1. The van der Waals surface area contributed by atoms with Gasteiger partial charge in [0.05, 0.1) is 22.5 Å². The van der Waals surface area contributed by atoms with Crippen LogP contribution in [0.15, 0.2) is 18.2 Å². The molecule has 0 heterocycles. The number of nitro benzene ring substituents is 1. The number of nitrogens with zero attached hydrogens (tertiary/aromatic N) is 1. The van der Waals surface area contributed by atoms with Crippen LogP contribution in [0.1, 0.15) is 24.2 Å². The first-order chi connectivity index (χ1) is 7.60. The van der Waals surface area contributed by atoms with Crippen molar-refractivity contribution in [3.63, 3.8) is 0 Å². The largest absolute Gasteiger partial charge is 0.363 e. The Balaban J connectivity index is 3.14. The Morgan fingerprint density at radius 2 is 2.31 bits per heavy atom. The van der Waals surface area contributed by atoms with Crippen LogP contribution in [0.5, 0.6) is 0 Å². The minimum Gasteiger partial charge on any atom is -0.363 e. The molecule has 1 unspecified atom stereocenters. The Labute approximate surface area is 99.2 Å². The topological polar surface area (TPSA) is 78.4 Å². The van der Waals surface area contributed by atoms with Gasteiger partial charge in [0.15, 0.2) is 0 Å². The summed E-state index contributed by atoms with van der Waals surface area (Å²) in [6.45, 7) is 2.09. The second-order valence-corrected chi connectivity index (χ2v) is 3.55. The van der Waals surface area contributed by atoms with Crippen LogP contribution in [0.3, 0.4) is 0 Å². The molecule has 6 heteroatoms. The van der Waals surface area contributed by atoms with Gasteiger partial charge in [0, 0.05) is 12.6 Å². The van der Waals surface area contributed by atoms with Crippen LogP contribution in [0.4, 0.5) is 5.69 Å². The third kappa shape index (κ3) is 2.94. The third-order valence-corrected chi connectivity index (χ3v) is 2.44. The predicted molar refractivity (Wildman–Crippen MR) is 64.3 cm³/mol. The molecule has 0 saturated heterocycles. The summed E-state index contributed by atoms with van der Waals surface area (Å²) in [5.41, 5.74) is 6.91. The van der Waals surface area contributed by atoms with Crippen LogP contribution >= 0.6 is 12.6 Å². The molecule has 2 N–H and O–H groups in total. The smallest absolute Gasteiger partial charge is 0.275 e. The van der Waals surface area contributed by atoms with Gasteiger partial charge in [-0.05, 0) is 18.6 Å². The van der Waals surface area contributed by atoms with Crippen molar-refractivity contribution in [1.29, 1.82) is 0 Å². The number of nitrogens with two attached hydrogens (primary N) is 1. The van der Waals surface area contributed by atoms with E-state index in [0.717, 1.165) is 5.56 Å². The zero-order valence-electron chi connectivity index (χ0n) is 8.92. The number of rotatable bonds is 5. The molecule has 88 valence electrons. The van der Waals surface area contributed by atoms with E-state index in [0.29, 0.717) is 12.1 Å². The predicted octanol–water partition coefficient (Wildman–Crippen LogP) is 2.02. The van der Waals surface area contributed by atoms with E-state index >= 15 is 0 Å². The van der Waals surface area contributed by atoms with Gasteiger partial charge in [0.2, 0.25) is 0 Å². The first kappa shape index (κ1) is 13.0. The fourth-order valence-corrected chi connectivity index (χ4v) is 1.65. The maximum Gasteiger partial charge on any atom is 0.275 e. The molecule has 0 aliphatic heterocycles. The van der Waals surface area contributed by atoms with Gasteiger partial charge in [0.1, 0.15) is 0 Å². The van der Waals surface area contributed by atoms with Crippen molar-refractivity contribution in [2.75, 3.05) is 5.94 Å². The molecule has 1 aromatic carbocycles. The van der Waals surface area contributed by atoms with Crippen molar-refractivity contribution >= 4 is 18.3 Å². The minimum atomic E-state index is -0.423. The van der Waals surface area contributed by atoms with Gasteiger partial charge in [-0.3, -0.25) is 10.1 Å². The lowest BCUT2D eigenvalue weighted by Crippen LogP contribution is -2.05. The molecular weight excluding hydrogens is 228 g/mol. The summed E-state index contributed by atoms with van der Waals surface area (Å²) < 4.78 is 5.24. The number of hydrogen-bond acceptors (Lipinski definition) is 5. The minimum absolute atomic E-state index is 0.0477. The first-order valence-corrected chi connectivity index (χ1v) is 5.43. The molecule has 0 spiro atoms. The lowest BCUT2D eigenvalue weighted by molar-refractivity contribution is -0.386. The summed E-state index contributed by atoms with van der Waals surface area (Å²) in [5, 5.41) is 10.8. The highest BCUT2D eigenvalue weighted by atomic mass is 32.1. The van der Waals surface area contributed by atoms with Crippen LogP contribution in [-0.4, -0.2) is 10.9 Å². The summed E-state index contributed by atoms with van der Waals surface area (Å²) in [7, 11) is 0. The lowest BCUT2D eigenvalue weighted by Gasteiger charge is -2.12. The average Bonchev–Trinajstić information content (AvgIpc) is 2.28. The van der Waals surface area contributed by atoms with Crippen molar-refractivity contribution in [2.24, 2.45) is 5.73 Å².